The molecule has 0 aliphatic heterocycles. The van der Waals surface area contributed by atoms with Crippen molar-refractivity contribution in [2.75, 3.05) is 0 Å². The fourth-order valence-electron chi connectivity index (χ4n) is 3.70. The summed E-state index contributed by atoms with van der Waals surface area (Å²) in [6, 6.07) is 0. The number of allylic oxidation sites excluding steroid dienone is 3. The van der Waals surface area contributed by atoms with E-state index >= 15 is 0 Å². The molecule has 0 aromatic carbocycles. The Kier molecular flexibility index (Phi) is 11.2. The van der Waals surface area contributed by atoms with Gasteiger partial charge in [0.25, 0.3) is 0 Å². The average molecular weight is 365 g/mol. The summed E-state index contributed by atoms with van der Waals surface area (Å²) in [6.07, 6.45) is 15.6. The Labute approximate surface area is 158 Å². The zero-order valence-corrected chi connectivity index (χ0v) is 16.4. The highest BCUT2D eigenvalue weighted by Crippen LogP contribution is 2.33. The van der Waals surface area contributed by atoms with Crippen molar-refractivity contribution in [3.63, 3.8) is 0 Å². The molecule has 2 N–H and O–H groups in total. The van der Waals surface area contributed by atoms with E-state index in [2.05, 4.69) is 19.9 Å². The molecule has 0 aromatic heterocycles. The molecule has 4 nitrogen and oxygen atoms in total. The van der Waals surface area contributed by atoms with Crippen LogP contribution in [0.1, 0.15) is 78.1 Å². The van der Waals surface area contributed by atoms with Crippen LogP contribution in [-0.4, -0.2) is 28.1 Å². The first-order valence-corrected chi connectivity index (χ1v) is 10.2. The van der Waals surface area contributed by atoms with E-state index in [1.807, 2.05) is 18.2 Å². The third-order valence-corrected chi connectivity index (χ3v) is 5.46. The SMILES string of the molecule is CCCCC(CC)[C@H](O)/C=C/C1CCC(=O)[C@@H]1C/C=C\CCCC(=O)O. The van der Waals surface area contributed by atoms with Crippen molar-refractivity contribution in [2.45, 2.75) is 84.2 Å². The van der Waals surface area contributed by atoms with Crippen molar-refractivity contribution in [3.8, 4) is 0 Å². The maximum atomic E-state index is 12.2. The number of aliphatic carboxylic acids is 1. The Balaban J connectivity index is 2.49. The molecule has 1 rings (SSSR count). The average Bonchev–Trinajstić information content (AvgIpc) is 2.96. The van der Waals surface area contributed by atoms with Gasteiger partial charge in [0, 0.05) is 18.8 Å². The summed E-state index contributed by atoms with van der Waals surface area (Å²) >= 11 is 0. The second-order valence-electron chi connectivity index (χ2n) is 7.45. The van der Waals surface area contributed by atoms with Gasteiger partial charge in [-0.2, -0.15) is 0 Å². The molecular formula is C22H36O4. The predicted molar refractivity (Wildman–Crippen MR) is 105 cm³/mol. The number of carboxylic acids is 1. The highest BCUT2D eigenvalue weighted by Gasteiger charge is 2.32. The van der Waals surface area contributed by atoms with Gasteiger partial charge >= 0.3 is 5.97 Å². The van der Waals surface area contributed by atoms with Crippen molar-refractivity contribution in [1.82, 2.24) is 0 Å². The number of rotatable bonds is 13. The number of carboxylic acid groups (broad SMARTS) is 1. The molecular weight excluding hydrogens is 328 g/mol. The Morgan fingerprint density at radius 2 is 2.04 bits per heavy atom. The highest BCUT2D eigenvalue weighted by molar-refractivity contribution is 5.83. The highest BCUT2D eigenvalue weighted by atomic mass is 16.4. The maximum absolute atomic E-state index is 12.2. The largest absolute Gasteiger partial charge is 0.481 e. The molecule has 1 saturated carbocycles. The van der Waals surface area contributed by atoms with Crippen LogP contribution in [-0.2, 0) is 9.59 Å². The van der Waals surface area contributed by atoms with E-state index in [4.69, 9.17) is 5.11 Å². The van der Waals surface area contributed by atoms with Crippen LogP contribution >= 0.6 is 0 Å². The van der Waals surface area contributed by atoms with Gasteiger partial charge in [0.15, 0.2) is 0 Å². The fourth-order valence-corrected chi connectivity index (χ4v) is 3.70. The molecule has 0 amide bonds. The summed E-state index contributed by atoms with van der Waals surface area (Å²) in [5, 5.41) is 19.1. The topological polar surface area (TPSA) is 74.6 Å². The van der Waals surface area contributed by atoms with Gasteiger partial charge in [-0.05, 0) is 43.9 Å². The van der Waals surface area contributed by atoms with Crippen molar-refractivity contribution in [2.24, 2.45) is 17.8 Å². The summed E-state index contributed by atoms with van der Waals surface area (Å²) in [5.41, 5.74) is 0. The number of hydrogen-bond donors (Lipinski definition) is 2. The van der Waals surface area contributed by atoms with Gasteiger partial charge in [0.2, 0.25) is 0 Å². The quantitative estimate of drug-likeness (QED) is 0.359. The van der Waals surface area contributed by atoms with Gasteiger partial charge in [-0.25, -0.2) is 0 Å². The first-order valence-electron chi connectivity index (χ1n) is 10.2. The minimum atomic E-state index is -0.766. The van der Waals surface area contributed by atoms with E-state index in [-0.39, 0.29) is 18.3 Å². The van der Waals surface area contributed by atoms with E-state index in [0.29, 0.717) is 31.0 Å². The van der Waals surface area contributed by atoms with Crippen LogP contribution in [0.15, 0.2) is 24.3 Å². The second kappa shape index (κ2) is 12.9. The molecule has 0 radical (unpaired) electrons. The number of carbonyl (C=O) groups is 2. The zero-order chi connectivity index (χ0) is 19.4. The number of aliphatic hydroxyl groups excluding tert-OH is 1. The summed E-state index contributed by atoms with van der Waals surface area (Å²) < 4.78 is 0. The lowest BCUT2D eigenvalue weighted by Gasteiger charge is -2.19. The molecule has 2 unspecified atom stereocenters. The number of ketones is 1. The predicted octanol–water partition coefficient (Wildman–Crippen LogP) is 4.92. The molecule has 1 fully saturated rings. The van der Waals surface area contributed by atoms with E-state index in [1.54, 1.807) is 0 Å². The summed E-state index contributed by atoms with van der Waals surface area (Å²) in [5.74, 6) is 0.0603. The van der Waals surface area contributed by atoms with E-state index in [1.165, 1.54) is 0 Å². The summed E-state index contributed by atoms with van der Waals surface area (Å²) in [6.45, 7) is 4.29. The molecule has 1 aliphatic rings. The third-order valence-electron chi connectivity index (χ3n) is 5.46. The van der Waals surface area contributed by atoms with Crippen LogP contribution < -0.4 is 0 Å². The second-order valence-corrected chi connectivity index (χ2v) is 7.45. The molecule has 0 spiro atoms. The van der Waals surface area contributed by atoms with Gasteiger partial charge in [-0.15, -0.1) is 0 Å². The Bertz CT molecular complexity index is 481. The number of Topliss-reactive ketones (excluding diaryl/α,β-unsaturated/α-hetero) is 1. The number of carbonyl (C=O) groups excluding carboxylic acids is 1. The standard InChI is InChI=1S/C22H36O4/c1-3-5-10-17(4-2)20(23)15-13-18-14-16-21(24)19(18)11-8-6-7-9-12-22(25)26/h6,8,13,15,17-20,23H,3-5,7,9-12,14,16H2,1-2H3,(H,25,26)/b8-6-,15-13+/t17?,18?,19-,20-/m1/s1. The Morgan fingerprint density at radius 1 is 1.27 bits per heavy atom. The number of aliphatic hydroxyl groups is 1. The zero-order valence-electron chi connectivity index (χ0n) is 16.4. The Hall–Kier alpha value is -1.42. The lowest BCUT2D eigenvalue weighted by molar-refractivity contribution is -0.137. The molecule has 0 heterocycles. The van der Waals surface area contributed by atoms with Crippen molar-refractivity contribution < 1.29 is 19.8 Å². The first-order chi connectivity index (χ1) is 12.5. The fraction of sp³-hybridized carbons (Fsp3) is 0.727. The number of unbranched alkanes of at least 4 members (excludes halogenated alkanes) is 2. The van der Waals surface area contributed by atoms with Crippen LogP contribution in [0.25, 0.3) is 0 Å². The van der Waals surface area contributed by atoms with Gasteiger partial charge in [-0.3, -0.25) is 9.59 Å². The van der Waals surface area contributed by atoms with E-state index < -0.39 is 12.1 Å². The van der Waals surface area contributed by atoms with Gasteiger partial charge in [0.1, 0.15) is 5.78 Å². The van der Waals surface area contributed by atoms with Crippen LogP contribution in [0.3, 0.4) is 0 Å². The lowest BCUT2D eigenvalue weighted by Crippen LogP contribution is -2.18. The van der Waals surface area contributed by atoms with Crippen LogP contribution in [0.5, 0.6) is 0 Å². The Morgan fingerprint density at radius 3 is 2.69 bits per heavy atom. The molecule has 4 atom stereocenters. The van der Waals surface area contributed by atoms with Gasteiger partial charge < -0.3 is 10.2 Å². The minimum absolute atomic E-state index is 0.00453. The molecule has 4 heteroatoms. The third kappa shape index (κ3) is 8.31. The lowest BCUT2D eigenvalue weighted by atomic mass is 9.89. The van der Waals surface area contributed by atoms with Crippen LogP contribution in [0.4, 0.5) is 0 Å². The summed E-state index contributed by atoms with van der Waals surface area (Å²) in [7, 11) is 0. The molecule has 0 saturated heterocycles. The number of hydrogen-bond acceptors (Lipinski definition) is 3. The smallest absolute Gasteiger partial charge is 0.303 e. The normalized spacial score (nSPS) is 23.1. The van der Waals surface area contributed by atoms with Crippen LogP contribution in [0, 0.1) is 17.8 Å². The van der Waals surface area contributed by atoms with Crippen molar-refractivity contribution in [3.05, 3.63) is 24.3 Å². The van der Waals surface area contributed by atoms with Gasteiger partial charge in [0.05, 0.1) is 6.10 Å². The molecule has 0 bridgehead atoms. The monoisotopic (exact) mass is 364 g/mol. The summed E-state index contributed by atoms with van der Waals surface area (Å²) in [4.78, 5) is 22.6. The van der Waals surface area contributed by atoms with E-state index in [0.717, 1.165) is 38.5 Å². The molecule has 0 aromatic rings. The van der Waals surface area contributed by atoms with Crippen molar-refractivity contribution >= 4 is 11.8 Å². The first kappa shape index (κ1) is 22.6. The van der Waals surface area contributed by atoms with Crippen molar-refractivity contribution in [1.29, 1.82) is 0 Å². The maximum Gasteiger partial charge on any atom is 0.303 e. The molecule has 1 aliphatic carbocycles. The molecule has 148 valence electrons. The minimum Gasteiger partial charge on any atom is -0.481 e. The van der Waals surface area contributed by atoms with E-state index in [9.17, 15) is 14.7 Å². The molecule has 26 heavy (non-hydrogen) atoms. The van der Waals surface area contributed by atoms with Crippen LogP contribution in [0.2, 0.25) is 0 Å². The van der Waals surface area contributed by atoms with Gasteiger partial charge in [-0.1, -0.05) is 57.4 Å².